The third-order valence-electron chi connectivity index (χ3n) is 4.76. The Balaban J connectivity index is 1.63. The van der Waals surface area contributed by atoms with E-state index in [1.165, 1.54) is 6.20 Å². The lowest BCUT2D eigenvalue weighted by Crippen LogP contribution is -2.52. The molecule has 2 atom stereocenters. The van der Waals surface area contributed by atoms with E-state index in [-0.39, 0.29) is 12.0 Å². The van der Waals surface area contributed by atoms with Crippen LogP contribution in [0.2, 0.25) is 0 Å². The molecule has 7 nitrogen and oxygen atoms in total. The molecule has 1 amide bonds. The molecule has 2 aliphatic rings. The molecule has 0 saturated carbocycles. The number of amides is 1. The molecule has 2 saturated heterocycles. The molecule has 0 radical (unpaired) electrons. The first-order chi connectivity index (χ1) is 11.1. The van der Waals surface area contributed by atoms with Gasteiger partial charge in [0, 0.05) is 44.8 Å². The molecular formula is C16H26N4O3. The number of morpholine rings is 1. The van der Waals surface area contributed by atoms with Gasteiger partial charge in [-0.2, -0.15) is 0 Å². The summed E-state index contributed by atoms with van der Waals surface area (Å²) >= 11 is 0. The van der Waals surface area contributed by atoms with Gasteiger partial charge in [0.25, 0.3) is 5.91 Å². The molecule has 3 heterocycles. The zero-order chi connectivity index (χ0) is 16.2. The Morgan fingerprint density at radius 2 is 2.17 bits per heavy atom. The number of hydrogen-bond acceptors (Lipinski definition) is 6. The van der Waals surface area contributed by atoms with Gasteiger partial charge >= 0.3 is 0 Å². The van der Waals surface area contributed by atoms with Crippen molar-refractivity contribution in [1.82, 2.24) is 19.9 Å². The van der Waals surface area contributed by atoms with E-state index in [0.717, 1.165) is 45.6 Å². The lowest BCUT2D eigenvalue weighted by molar-refractivity contribution is -0.0724. The molecule has 0 aromatic carbocycles. The van der Waals surface area contributed by atoms with E-state index in [1.807, 2.05) is 4.90 Å². The number of likely N-dealkylation sites (N-methyl/N-ethyl adjacent to an activating group) is 1. The molecule has 3 rings (SSSR count). The third-order valence-corrected chi connectivity index (χ3v) is 4.76. The maximum absolute atomic E-state index is 12.4. The fourth-order valence-corrected chi connectivity index (χ4v) is 3.45. The molecule has 1 aromatic heterocycles. The molecule has 1 aromatic rings. The van der Waals surface area contributed by atoms with E-state index in [4.69, 9.17) is 9.26 Å². The molecular weight excluding hydrogens is 296 g/mol. The Hall–Kier alpha value is -1.44. The van der Waals surface area contributed by atoms with E-state index in [1.54, 1.807) is 6.07 Å². The van der Waals surface area contributed by atoms with Gasteiger partial charge in [0.1, 0.15) is 0 Å². The monoisotopic (exact) mass is 322 g/mol. The highest BCUT2D eigenvalue weighted by Crippen LogP contribution is 2.24. The minimum Gasteiger partial charge on any atom is -0.375 e. The number of rotatable bonds is 4. The van der Waals surface area contributed by atoms with Crippen LogP contribution in [-0.2, 0) is 4.74 Å². The van der Waals surface area contributed by atoms with Gasteiger partial charge < -0.3 is 19.1 Å². The molecule has 0 spiro atoms. The van der Waals surface area contributed by atoms with Gasteiger partial charge in [0.15, 0.2) is 0 Å². The second kappa shape index (κ2) is 7.42. The highest BCUT2D eigenvalue weighted by Gasteiger charge is 2.35. The van der Waals surface area contributed by atoms with Crippen LogP contribution in [0.5, 0.6) is 0 Å². The number of fused-ring (bicyclic) bond motifs is 1. The summed E-state index contributed by atoms with van der Waals surface area (Å²) in [6.07, 6.45) is 3.55. The quantitative estimate of drug-likeness (QED) is 0.806. The summed E-state index contributed by atoms with van der Waals surface area (Å²) < 4.78 is 11.0. The van der Waals surface area contributed by atoms with Crippen molar-refractivity contribution in [3.63, 3.8) is 0 Å². The second-order valence-corrected chi connectivity index (χ2v) is 6.56. The zero-order valence-electron chi connectivity index (χ0n) is 14.0. The molecule has 7 heteroatoms. The van der Waals surface area contributed by atoms with Crippen molar-refractivity contribution >= 4 is 5.91 Å². The van der Waals surface area contributed by atoms with E-state index in [2.05, 4.69) is 29.1 Å². The van der Waals surface area contributed by atoms with E-state index < -0.39 is 0 Å². The van der Waals surface area contributed by atoms with Crippen molar-refractivity contribution in [2.75, 3.05) is 53.4 Å². The summed E-state index contributed by atoms with van der Waals surface area (Å²) in [5, 5.41) is 3.63. The van der Waals surface area contributed by atoms with Crippen LogP contribution in [0.1, 0.15) is 23.4 Å². The van der Waals surface area contributed by atoms with Gasteiger partial charge in [-0.25, -0.2) is 0 Å². The van der Waals surface area contributed by atoms with Gasteiger partial charge in [-0.3, -0.25) is 9.69 Å². The van der Waals surface area contributed by atoms with E-state index in [9.17, 15) is 4.79 Å². The predicted molar refractivity (Wildman–Crippen MR) is 85.3 cm³/mol. The molecule has 0 aliphatic carbocycles. The van der Waals surface area contributed by atoms with Crippen molar-refractivity contribution in [2.24, 2.45) is 0 Å². The lowest BCUT2D eigenvalue weighted by Gasteiger charge is -2.40. The maximum atomic E-state index is 12.4. The SMILES string of the molecule is CN(C)CCN1CCO[C@H]2CCN(C(=O)c3ccno3)CC[C@@H]21. The van der Waals surface area contributed by atoms with Crippen molar-refractivity contribution in [3.8, 4) is 0 Å². The number of carbonyl (C=O) groups is 1. The van der Waals surface area contributed by atoms with Gasteiger partial charge in [-0.1, -0.05) is 5.16 Å². The van der Waals surface area contributed by atoms with Gasteiger partial charge in [-0.05, 0) is 26.9 Å². The highest BCUT2D eigenvalue weighted by atomic mass is 16.5. The van der Waals surface area contributed by atoms with Gasteiger partial charge in [-0.15, -0.1) is 0 Å². The normalized spacial score (nSPS) is 26.1. The number of aromatic nitrogens is 1. The molecule has 2 fully saturated rings. The lowest BCUT2D eigenvalue weighted by atomic mass is 10.0. The molecule has 2 aliphatic heterocycles. The Morgan fingerprint density at radius 3 is 2.91 bits per heavy atom. The standard InChI is InChI=1S/C16H26N4O3/c1-18(2)9-10-19-11-12-22-14-5-8-20(7-4-13(14)19)16(21)15-3-6-17-23-15/h3,6,13-14H,4-5,7-12H2,1-2H3/t13-,14-/m0/s1. The van der Waals surface area contributed by atoms with Crippen LogP contribution >= 0.6 is 0 Å². The molecule has 128 valence electrons. The topological polar surface area (TPSA) is 62.1 Å². The second-order valence-electron chi connectivity index (χ2n) is 6.56. The van der Waals surface area contributed by atoms with E-state index in [0.29, 0.717) is 18.3 Å². The fourth-order valence-electron chi connectivity index (χ4n) is 3.45. The zero-order valence-corrected chi connectivity index (χ0v) is 14.0. The molecule has 0 bridgehead atoms. The summed E-state index contributed by atoms with van der Waals surface area (Å²) in [6.45, 7) is 5.30. The van der Waals surface area contributed by atoms with Crippen molar-refractivity contribution < 1.29 is 14.1 Å². The number of carbonyl (C=O) groups excluding carboxylic acids is 1. The molecule has 0 unspecified atom stereocenters. The van der Waals surface area contributed by atoms with Crippen LogP contribution in [0.3, 0.4) is 0 Å². The highest BCUT2D eigenvalue weighted by molar-refractivity contribution is 5.91. The first-order valence-corrected chi connectivity index (χ1v) is 8.35. The van der Waals surface area contributed by atoms with Crippen molar-refractivity contribution in [2.45, 2.75) is 25.0 Å². The summed E-state index contributed by atoms with van der Waals surface area (Å²) in [5.41, 5.74) is 0. The number of hydrogen-bond donors (Lipinski definition) is 0. The Kier molecular flexibility index (Phi) is 5.30. The van der Waals surface area contributed by atoms with Crippen LogP contribution in [0, 0.1) is 0 Å². The first kappa shape index (κ1) is 16.4. The fraction of sp³-hybridized carbons (Fsp3) is 0.750. The van der Waals surface area contributed by atoms with Crippen molar-refractivity contribution in [1.29, 1.82) is 0 Å². The van der Waals surface area contributed by atoms with Crippen molar-refractivity contribution in [3.05, 3.63) is 18.0 Å². The Labute approximate surface area is 137 Å². The smallest absolute Gasteiger partial charge is 0.292 e. The summed E-state index contributed by atoms with van der Waals surface area (Å²) in [7, 11) is 4.20. The van der Waals surface area contributed by atoms with Gasteiger partial charge in [0.05, 0.1) is 18.9 Å². The first-order valence-electron chi connectivity index (χ1n) is 8.35. The van der Waals surface area contributed by atoms with Crippen LogP contribution in [-0.4, -0.2) is 91.3 Å². The largest absolute Gasteiger partial charge is 0.375 e. The van der Waals surface area contributed by atoms with Crippen LogP contribution in [0.25, 0.3) is 0 Å². The number of likely N-dealkylation sites (tertiary alicyclic amines) is 1. The average Bonchev–Trinajstić information content (AvgIpc) is 2.99. The Morgan fingerprint density at radius 1 is 1.35 bits per heavy atom. The van der Waals surface area contributed by atoms with Crippen LogP contribution < -0.4 is 0 Å². The number of ether oxygens (including phenoxy) is 1. The summed E-state index contributed by atoms with van der Waals surface area (Å²) in [4.78, 5) is 19.0. The minimum absolute atomic E-state index is 0.0685. The Bertz CT molecular complexity index is 505. The summed E-state index contributed by atoms with van der Waals surface area (Å²) in [6, 6.07) is 2.02. The molecule has 0 N–H and O–H groups in total. The minimum atomic E-state index is -0.0685. The average molecular weight is 322 g/mol. The maximum Gasteiger partial charge on any atom is 0.292 e. The summed E-state index contributed by atoms with van der Waals surface area (Å²) in [5.74, 6) is 0.251. The molecule has 23 heavy (non-hydrogen) atoms. The van der Waals surface area contributed by atoms with Crippen LogP contribution in [0.15, 0.2) is 16.8 Å². The van der Waals surface area contributed by atoms with Gasteiger partial charge in [0.2, 0.25) is 5.76 Å². The predicted octanol–water partition coefficient (Wildman–Crippen LogP) is 0.542. The number of nitrogens with zero attached hydrogens (tertiary/aromatic N) is 4. The van der Waals surface area contributed by atoms with Crippen LogP contribution in [0.4, 0.5) is 0 Å². The third kappa shape index (κ3) is 3.91. The van der Waals surface area contributed by atoms with E-state index >= 15 is 0 Å².